The summed E-state index contributed by atoms with van der Waals surface area (Å²) in [7, 11) is 1.48. The minimum atomic E-state index is -0.309. The van der Waals surface area contributed by atoms with E-state index in [1.807, 2.05) is 13.8 Å². The van der Waals surface area contributed by atoms with E-state index in [1.54, 1.807) is 29.8 Å². The molecular weight excluding hydrogens is 314 g/mol. The second-order valence-corrected chi connectivity index (χ2v) is 5.90. The molecular formula is C16H19N3O3S. The molecule has 2 aromatic rings. The fraction of sp³-hybridized carbons (Fsp3) is 0.312. The quantitative estimate of drug-likeness (QED) is 0.849. The molecule has 1 aromatic carbocycles. The Morgan fingerprint density at radius 2 is 2.13 bits per heavy atom. The Morgan fingerprint density at radius 1 is 1.35 bits per heavy atom. The number of rotatable bonds is 6. The number of carbonyl (C=O) groups excluding carboxylic acids is 2. The van der Waals surface area contributed by atoms with Crippen LogP contribution in [0.3, 0.4) is 0 Å². The molecule has 1 unspecified atom stereocenters. The molecule has 0 spiro atoms. The van der Waals surface area contributed by atoms with E-state index in [4.69, 9.17) is 4.74 Å². The Bertz CT molecular complexity index is 686. The fourth-order valence-corrected chi connectivity index (χ4v) is 2.38. The van der Waals surface area contributed by atoms with Crippen LogP contribution in [-0.4, -0.2) is 23.9 Å². The smallest absolute Gasteiger partial charge is 0.261 e. The van der Waals surface area contributed by atoms with Gasteiger partial charge in [0.1, 0.15) is 5.75 Å². The third-order valence-corrected chi connectivity index (χ3v) is 4.11. The number of hydrogen-bond acceptors (Lipinski definition) is 5. The van der Waals surface area contributed by atoms with Gasteiger partial charge in [-0.05, 0) is 18.6 Å². The maximum atomic E-state index is 12.3. The van der Waals surface area contributed by atoms with Crippen LogP contribution < -0.4 is 15.4 Å². The van der Waals surface area contributed by atoms with Gasteiger partial charge in [0.2, 0.25) is 5.91 Å². The van der Waals surface area contributed by atoms with Crippen molar-refractivity contribution in [3.63, 3.8) is 0 Å². The first-order chi connectivity index (χ1) is 11.0. The molecule has 2 N–H and O–H groups in total. The van der Waals surface area contributed by atoms with Crippen molar-refractivity contribution in [1.29, 1.82) is 0 Å². The number of thiazole rings is 1. The van der Waals surface area contributed by atoms with Gasteiger partial charge in [-0.25, -0.2) is 4.98 Å². The van der Waals surface area contributed by atoms with E-state index < -0.39 is 0 Å². The molecule has 0 bridgehead atoms. The highest BCUT2D eigenvalue weighted by Gasteiger charge is 2.16. The number of amides is 2. The predicted molar refractivity (Wildman–Crippen MR) is 91.1 cm³/mol. The molecule has 0 radical (unpaired) electrons. The van der Waals surface area contributed by atoms with Crippen LogP contribution in [0.15, 0.2) is 29.8 Å². The van der Waals surface area contributed by atoms with E-state index in [9.17, 15) is 9.59 Å². The number of nitrogens with one attached hydrogen (secondary N) is 2. The topological polar surface area (TPSA) is 80.3 Å². The summed E-state index contributed by atoms with van der Waals surface area (Å²) in [6, 6.07) is 4.94. The van der Waals surface area contributed by atoms with E-state index in [0.717, 1.165) is 6.42 Å². The molecule has 0 fully saturated rings. The van der Waals surface area contributed by atoms with Crippen molar-refractivity contribution < 1.29 is 14.3 Å². The number of nitrogens with zero attached hydrogens (tertiary/aromatic N) is 1. The van der Waals surface area contributed by atoms with Crippen molar-refractivity contribution in [3.05, 3.63) is 35.3 Å². The first-order valence-corrected chi connectivity index (χ1v) is 8.12. The van der Waals surface area contributed by atoms with Crippen molar-refractivity contribution in [3.8, 4) is 5.75 Å². The zero-order chi connectivity index (χ0) is 16.8. The Hall–Kier alpha value is -2.41. The minimum Gasteiger partial charge on any atom is -0.496 e. The maximum absolute atomic E-state index is 12.3. The van der Waals surface area contributed by atoms with Gasteiger partial charge in [-0.3, -0.25) is 14.9 Å². The highest BCUT2D eigenvalue weighted by molar-refractivity contribution is 7.13. The van der Waals surface area contributed by atoms with Crippen LogP contribution in [0.25, 0.3) is 0 Å². The monoisotopic (exact) mass is 333 g/mol. The summed E-state index contributed by atoms with van der Waals surface area (Å²) in [6.45, 7) is 3.82. The molecule has 0 saturated carbocycles. The van der Waals surface area contributed by atoms with E-state index in [-0.39, 0.29) is 17.7 Å². The molecule has 1 atom stereocenters. The molecule has 1 heterocycles. The summed E-state index contributed by atoms with van der Waals surface area (Å²) >= 11 is 1.34. The molecule has 23 heavy (non-hydrogen) atoms. The number of ether oxygens (including phenoxy) is 1. The standard InChI is InChI=1S/C16H19N3O3S/c1-4-10(2)14(20)18-11-5-6-12(13(9-11)22-3)15(21)19-16-17-7-8-23-16/h5-10H,4H2,1-3H3,(H,18,20)(H,17,19,21). The average Bonchev–Trinajstić information content (AvgIpc) is 3.06. The molecule has 2 rings (SSSR count). The minimum absolute atomic E-state index is 0.0606. The van der Waals surface area contributed by atoms with Crippen LogP contribution in [0, 0.1) is 5.92 Å². The first kappa shape index (κ1) is 17.0. The SMILES string of the molecule is CCC(C)C(=O)Nc1ccc(C(=O)Nc2nccs2)c(OC)c1. The Kier molecular flexibility index (Phi) is 5.70. The van der Waals surface area contributed by atoms with Crippen LogP contribution in [0.5, 0.6) is 5.75 Å². The van der Waals surface area contributed by atoms with Gasteiger partial charge in [0.25, 0.3) is 5.91 Å². The second-order valence-electron chi connectivity index (χ2n) is 5.00. The number of hydrogen-bond donors (Lipinski definition) is 2. The highest BCUT2D eigenvalue weighted by atomic mass is 32.1. The third-order valence-electron chi connectivity index (χ3n) is 3.43. The summed E-state index contributed by atoms with van der Waals surface area (Å²) in [5.41, 5.74) is 0.974. The van der Waals surface area contributed by atoms with Crippen molar-refractivity contribution in [1.82, 2.24) is 4.98 Å². The van der Waals surface area contributed by atoms with Crippen LogP contribution in [0.4, 0.5) is 10.8 Å². The van der Waals surface area contributed by atoms with Crippen molar-refractivity contribution in [2.45, 2.75) is 20.3 Å². The zero-order valence-corrected chi connectivity index (χ0v) is 14.1. The van der Waals surface area contributed by atoms with Gasteiger partial charge in [0.15, 0.2) is 5.13 Å². The van der Waals surface area contributed by atoms with Gasteiger partial charge in [-0.15, -0.1) is 11.3 Å². The number of methoxy groups -OCH3 is 1. The number of benzene rings is 1. The van der Waals surface area contributed by atoms with Gasteiger partial charge in [0.05, 0.1) is 12.7 Å². The van der Waals surface area contributed by atoms with Gasteiger partial charge in [-0.2, -0.15) is 0 Å². The Balaban J connectivity index is 2.16. The maximum Gasteiger partial charge on any atom is 0.261 e. The van der Waals surface area contributed by atoms with Crippen LogP contribution in [-0.2, 0) is 4.79 Å². The summed E-state index contributed by atoms with van der Waals surface area (Å²) < 4.78 is 5.27. The number of anilines is 2. The van der Waals surface area contributed by atoms with E-state index in [2.05, 4.69) is 15.6 Å². The average molecular weight is 333 g/mol. The molecule has 6 nitrogen and oxygen atoms in total. The summed E-state index contributed by atoms with van der Waals surface area (Å²) in [4.78, 5) is 28.2. The van der Waals surface area contributed by atoms with Crippen LogP contribution >= 0.6 is 11.3 Å². The summed E-state index contributed by atoms with van der Waals surface area (Å²) in [6.07, 6.45) is 2.38. The normalized spacial score (nSPS) is 11.6. The molecule has 1 aromatic heterocycles. The highest BCUT2D eigenvalue weighted by Crippen LogP contribution is 2.25. The lowest BCUT2D eigenvalue weighted by Gasteiger charge is -2.13. The lowest BCUT2D eigenvalue weighted by molar-refractivity contribution is -0.119. The molecule has 7 heteroatoms. The van der Waals surface area contributed by atoms with Gasteiger partial charge < -0.3 is 10.1 Å². The number of carbonyl (C=O) groups is 2. The molecule has 122 valence electrons. The molecule has 0 aliphatic rings. The van der Waals surface area contributed by atoms with Gasteiger partial charge >= 0.3 is 0 Å². The van der Waals surface area contributed by atoms with Crippen LogP contribution in [0.1, 0.15) is 30.6 Å². The lowest BCUT2D eigenvalue weighted by Crippen LogP contribution is -2.20. The third kappa shape index (κ3) is 4.29. The molecule has 2 amide bonds. The van der Waals surface area contributed by atoms with E-state index in [0.29, 0.717) is 22.1 Å². The zero-order valence-electron chi connectivity index (χ0n) is 13.3. The van der Waals surface area contributed by atoms with Crippen molar-refractivity contribution in [2.24, 2.45) is 5.92 Å². The predicted octanol–water partition coefficient (Wildman–Crippen LogP) is 3.39. The van der Waals surface area contributed by atoms with Gasteiger partial charge in [-0.1, -0.05) is 13.8 Å². The molecule has 0 saturated heterocycles. The largest absolute Gasteiger partial charge is 0.496 e. The summed E-state index contributed by atoms with van der Waals surface area (Å²) in [5.74, 6) is -0.0546. The van der Waals surface area contributed by atoms with Gasteiger partial charge in [0, 0.05) is 29.2 Å². The molecule has 0 aliphatic carbocycles. The Morgan fingerprint density at radius 3 is 2.74 bits per heavy atom. The van der Waals surface area contributed by atoms with Crippen molar-refractivity contribution in [2.75, 3.05) is 17.7 Å². The van der Waals surface area contributed by atoms with E-state index >= 15 is 0 Å². The summed E-state index contributed by atoms with van der Waals surface area (Å²) in [5, 5.41) is 7.82. The molecule has 0 aliphatic heterocycles. The first-order valence-electron chi connectivity index (χ1n) is 7.25. The lowest BCUT2D eigenvalue weighted by atomic mass is 10.1. The van der Waals surface area contributed by atoms with E-state index in [1.165, 1.54) is 18.4 Å². The fourth-order valence-electron chi connectivity index (χ4n) is 1.86. The Labute approximate surface area is 138 Å². The second kappa shape index (κ2) is 7.73. The van der Waals surface area contributed by atoms with Crippen molar-refractivity contribution >= 4 is 34.0 Å². The van der Waals surface area contributed by atoms with Crippen LogP contribution in [0.2, 0.25) is 0 Å². The number of aromatic nitrogens is 1.